The van der Waals surface area contributed by atoms with Gasteiger partial charge in [-0.15, -0.1) is 10.2 Å². The van der Waals surface area contributed by atoms with E-state index in [2.05, 4.69) is 15.3 Å². The van der Waals surface area contributed by atoms with E-state index in [1.807, 2.05) is 0 Å². The van der Waals surface area contributed by atoms with Crippen LogP contribution in [0, 0.1) is 17.0 Å². The van der Waals surface area contributed by atoms with Gasteiger partial charge in [0.05, 0.1) is 21.2 Å². The molecule has 0 spiro atoms. The van der Waals surface area contributed by atoms with Gasteiger partial charge in [0.15, 0.2) is 5.69 Å². The number of non-ortho nitro benzene ring substituents is 1. The van der Waals surface area contributed by atoms with Gasteiger partial charge in [-0.3, -0.25) is 20.0 Å². The lowest BCUT2D eigenvalue weighted by Crippen LogP contribution is -2.13. The minimum Gasteiger partial charge on any atom is -0.506 e. The Morgan fingerprint density at radius 2 is 1.83 bits per heavy atom. The number of azo groups is 1. The summed E-state index contributed by atoms with van der Waals surface area (Å²) in [6.45, 7) is 1.55. The fourth-order valence-corrected chi connectivity index (χ4v) is 2.96. The second-order valence-electron chi connectivity index (χ2n) is 5.90. The monoisotopic (exact) mass is 418 g/mol. The SMILES string of the molecule is Cc1[nH]n(-c2ccc([N+](=O)[O-])cc2)c(=O)c1N=Nc1cc(S(N)(=O)=O)ccc1O. The first kappa shape index (κ1) is 19.9. The third-order valence-electron chi connectivity index (χ3n) is 3.89. The molecule has 0 unspecified atom stereocenters. The molecule has 1 heterocycles. The summed E-state index contributed by atoms with van der Waals surface area (Å²) in [6.07, 6.45) is 0. The molecular formula is C16H14N6O6S. The summed E-state index contributed by atoms with van der Waals surface area (Å²) < 4.78 is 24.0. The molecule has 3 rings (SSSR count). The molecule has 0 radical (unpaired) electrons. The van der Waals surface area contributed by atoms with Crippen LogP contribution in [0.4, 0.5) is 17.1 Å². The molecule has 12 nitrogen and oxygen atoms in total. The van der Waals surface area contributed by atoms with Crippen LogP contribution in [0.15, 0.2) is 62.4 Å². The topological polar surface area (TPSA) is 186 Å². The Bertz CT molecular complexity index is 1290. The van der Waals surface area contributed by atoms with E-state index in [-0.39, 0.29) is 27.7 Å². The summed E-state index contributed by atoms with van der Waals surface area (Å²) in [6, 6.07) is 8.48. The standard InChI is InChI=1S/C16H14N6O6S/c1-9-15(19-18-13-8-12(29(17,27)28)6-7-14(13)23)16(24)21(20-9)10-2-4-11(5-3-10)22(25)26/h2-8,20,23H,1H3,(H2,17,27,28). The molecule has 13 heteroatoms. The van der Waals surface area contributed by atoms with E-state index in [0.29, 0.717) is 11.4 Å². The highest BCUT2D eigenvalue weighted by Crippen LogP contribution is 2.30. The van der Waals surface area contributed by atoms with Crippen molar-refractivity contribution in [3.05, 3.63) is 68.6 Å². The van der Waals surface area contributed by atoms with Crippen LogP contribution in [-0.4, -0.2) is 28.2 Å². The number of aromatic amines is 1. The van der Waals surface area contributed by atoms with Crippen molar-refractivity contribution >= 4 is 27.1 Å². The highest BCUT2D eigenvalue weighted by Gasteiger charge is 2.15. The Morgan fingerprint density at radius 1 is 1.17 bits per heavy atom. The lowest BCUT2D eigenvalue weighted by Gasteiger charge is -2.01. The van der Waals surface area contributed by atoms with E-state index >= 15 is 0 Å². The number of nitrogens with one attached hydrogen (secondary N) is 1. The molecule has 0 saturated carbocycles. The number of aryl methyl sites for hydroxylation is 1. The summed E-state index contributed by atoms with van der Waals surface area (Å²) in [5.41, 5.74) is -0.344. The molecule has 0 aliphatic heterocycles. The van der Waals surface area contributed by atoms with Crippen molar-refractivity contribution in [1.29, 1.82) is 0 Å². The number of nitrogens with zero attached hydrogens (tertiary/aromatic N) is 4. The zero-order valence-corrected chi connectivity index (χ0v) is 15.6. The molecule has 1 aromatic heterocycles. The smallest absolute Gasteiger partial charge is 0.299 e. The number of nitrogens with two attached hydrogens (primary N) is 1. The predicted molar refractivity (Wildman–Crippen MR) is 101 cm³/mol. The molecular weight excluding hydrogens is 404 g/mol. The Labute approximate surface area is 163 Å². The molecule has 3 aromatic rings. The largest absolute Gasteiger partial charge is 0.506 e. The molecule has 0 amide bonds. The van der Waals surface area contributed by atoms with Crippen LogP contribution in [-0.2, 0) is 10.0 Å². The van der Waals surface area contributed by atoms with Gasteiger partial charge in [-0.1, -0.05) is 0 Å². The molecule has 29 heavy (non-hydrogen) atoms. The fourth-order valence-electron chi connectivity index (χ4n) is 2.42. The number of hydrogen-bond donors (Lipinski definition) is 3. The quantitative estimate of drug-likeness (QED) is 0.323. The first-order valence-corrected chi connectivity index (χ1v) is 9.46. The lowest BCUT2D eigenvalue weighted by atomic mass is 10.3. The number of nitro groups is 1. The van der Waals surface area contributed by atoms with E-state index in [0.717, 1.165) is 22.9 Å². The van der Waals surface area contributed by atoms with Gasteiger partial charge in [0.1, 0.15) is 11.4 Å². The number of benzene rings is 2. The van der Waals surface area contributed by atoms with Gasteiger partial charge in [0.25, 0.3) is 11.2 Å². The number of phenols is 1. The van der Waals surface area contributed by atoms with Crippen LogP contribution >= 0.6 is 0 Å². The second kappa shape index (κ2) is 7.29. The van der Waals surface area contributed by atoms with E-state index < -0.39 is 20.5 Å². The number of rotatable bonds is 5. The number of H-pyrrole nitrogens is 1. The molecule has 2 aromatic carbocycles. The first-order chi connectivity index (χ1) is 13.6. The fraction of sp³-hybridized carbons (Fsp3) is 0.0625. The van der Waals surface area contributed by atoms with Crippen LogP contribution in [0.25, 0.3) is 5.69 Å². The Balaban J connectivity index is 2.00. The second-order valence-corrected chi connectivity index (χ2v) is 7.46. The third-order valence-corrected chi connectivity index (χ3v) is 4.80. The maximum atomic E-state index is 12.6. The maximum absolute atomic E-state index is 12.6. The van der Waals surface area contributed by atoms with Gasteiger partial charge in [0.2, 0.25) is 10.0 Å². The summed E-state index contributed by atoms with van der Waals surface area (Å²) in [7, 11) is -4.02. The minimum absolute atomic E-state index is 0.0937. The normalized spacial score (nSPS) is 11.8. The van der Waals surface area contributed by atoms with Crippen molar-refractivity contribution in [2.45, 2.75) is 11.8 Å². The lowest BCUT2D eigenvalue weighted by molar-refractivity contribution is -0.384. The van der Waals surface area contributed by atoms with E-state index in [9.17, 15) is 28.4 Å². The summed E-state index contributed by atoms with van der Waals surface area (Å²) in [5, 5.41) is 35.9. The van der Waals surface area contributed by atoms with Crippen LogP contribution in [0.1, 0.15) is 5.69 Å². The van der Waals surface area contributed by atoms with Crippen molar-refractivity contribution in [3.63, 3.8) is 0 Å². The molecule has 0 bridgehead atoms. The highest BCUT2D eigenvalue weighted by molar-refractivity contribution is 7.89. The van der Waals surface area contributed by atoms with Gasteiger partial charge in [0, 0.05) is 12.1 Å². The molecule has 0 fully saturated rings. The molecule has 4 N–H and O–H groups in total. The highest BCUT2D eigenvalue weighted by atomic mass is 32.2. The van der Waals surface area contributed by atoms with Crippen LogP contribution in [0.2, 0.25) is 0 Å². The van der Waals surface area contributed by atoms with Gasteiger partial charge in [-0.2, -0.15) is 0 Å². The van der Waals surface area contributed by atoms with Gasteiger partial charge < -0.3 is 5.11 Å². The molecule has 0 aliphatic rings. The van der Waals surface area contributed by atoms with Crippen molar-refractivity contribution in [3.8, 4) is 11.4 Å². The molecule has 150 valence electrons. The molecule has 0 saturated heterocycles. The van der Waals surface area contributed by atoms with Gasteiger partial charge in [-0.05, 0) is 37.3 Å². The third kappa shape index (κ3) is 4.04. The van der Waals surface area contributed by atoms with Crippen molar-refractivity contribution in [2.24, 2.45) is 15.4 Å². The predicted octanol–water partition coefficient (Wildman–Crippen LogP) is 2.15. The average Bonchev–Trinajstić information content (AvgIpc) is 2.94. The van der Waals surface area contributed by atoms with E-state index in [1.54, 1.807) is 6.92 Å². The number of aromatic hydroxyl groups is 1. The van der Waals surface area contributed by atoms with Gasteiger partial charge >= 0.3 is 0 Å². The molecule has 0 aliphatic carbocycles. The van der Waals surface area contributed by atoms with Crippen LogP contribution < -0.4 is 10.7 Å². The number of phenolic OH excluding ortho intramolecular Hbond substituents is 1. The number of primary sulfonamides is 1. The van der Waals surface area contributed by atoms with E-state index in [4.69, 9.17) is 5.14 Å². The Morgan fingerprint density at radius 3 is 2.41 bits per heavy atom. The zero-order valence-electron chi connectivity index (χ0n) is 14.8. The number of nitro benzene ring substituents is 1. The average molecular weight is 418 g/mol. The summed E-state index contributed by atoms with van der Waals surface area (Å²) >= 11 is 0. The van der Waals surface area contributed by atoms with Crippen LogP contribution in [0.3, 0.4) is 0 Å². The number of aromatic nitrogens is 2. The Hall–Kier alpha value is -3.84. The number of hydrogen-bond acceptors (Lipinski definition) is 8. The summed E-state index contributed by atoms with van der Waals surface area (Å²) in [4.78, 5) is 22.5. The molecule has 0 atom stereocenters. The van der Waals surface area contributed by atoms with Gasteiger partial charge in [-0.25, -0.2) is 18.2 Å². The minimum atomic E-state index is -4.02. The van der Waals surface area contributed by atoms with E-state index in [1.165, 1.54) is 24.3 Å². The van der Waals surface area contributed by atoms with Crippen molar-refractivity contribution in [1.82, 2.24) is 9.78 Å². The zero-order chi connectivity index (χ0) is 21.3. The van der Waals surface area contributed by atoms with Crippen molar-refractivity contribution < 1.29 is 18.4 Å². The van der Waals surface area contributed by atoms with Crippen LogP contribution in [0.5, 0.6) is 5.75 Å². The van der Waals surface area contributed by atoms with Crippen molar-refractivity contribution in [2.75, 3.05) is 0 Å². The first-order valence-electron chi connectivity index (χ1n) is 7.92. The maximum Gasteiger partial charge on any atom is 0.299 e. The number of sulfonamides is 1. The summed E-state index contributed by atoms with van der Waals surface area (Å²) in [5.74, 6) is -0.356. The Kier molecular flexibility index (Phi) is 5.01.